The second kappa shape index (κ2) is 6.12. The van der Waals surface area contributed by atoms with E-state index in [9.17, 15) is 9.59 Å². The van der Waals surface area contributed by atoms with Crippen molar-refractivity contribution in [2.75, 3.05) is 0 Å². The molecule has 0 unspecified atom stereocenters. The van der Waals surface area contributed by atoms with Gasteiger partial charge in [0.1, 0.15) is 16.4 Å². The molecule has 6 heteroatoms. The van der Waals surface area contributed by atoms with Crippen LogP contribution in [-0.2, 0) is 12.8 Å². The number of carbonyl (C=O) groups is 1. The normalized spacial score (nSPS) is 11.5. The molecule has 0 atom stereocenters. The maximum Gasteiger partial charge on any atom is 0.259 e. The topological polar surface area (TPSA) is 76.0 Å². The minimum Gasteiger partial charge on any atom is -0.469 e. The maximum absolute atomic E-state index is 12.4. The number of fused-ring (bicyclic) bond motifs is 1. The van der Waals surface area contributed by atoms with Crippen molar-refractivity contribution in [3.63, 3.8) is 0 Å². The summed E-state index contributed by atoms with van der Waals surface area (Å²) in [5.74, 6) is 1.33. The van der Waals surface area contributed by atoms with E-state index in [0.29, 0.717) is 33.3 Å². The average molecular weight is 330 g/mol. The molecule has 0 radical (unpaired) electrons. The molecule has 0 saturated heterocycles. The van der Waals surface area contributed by atoms with Gasteiger partial charge >= 0.3 is 0 Å². The Morgan fingerprint density at radius 3 is 2.87 bits per heavy atom. The first-order valence-corrected chi connectivity index (χ1v) is 8.40. The van der Waals surface area contributed by atoms with E-state index in [-0.39, 0.29) is 17.8 Å². The van der Waals surface area contributed by atoms with Gasteiger partial charge in [-0.2, -0.15) is 0 Å². The van der Waals surface area contributed by atoms with Crippen LogP contribution in [0.5, 0.6) is 0 Å². The van der Waals surface area contributed by atoms with Crippen LogP contribution in [0, 0.1) is 12.8 Å². The number of hydrogen-bond donors (Lipinski definition) is 1. The highest BCUT2D eigenvalue weighted by Crippen LogP contribution is 2.23. The molecule has 0 fully saturated rings. The molecule has 3 rings (SSSR count). The molecule has 0 aromatic carbocycles. The Hall–Kier alpha value is -2.21. The lowest BCUT2D eigenvalue weighted by Crippen LogP contribution is -2.15. The maximum atomic E-state index is 12.4. The minimum absolute atomic E-state index is 0.0585. The van der Waals surface area contributed by atoms with Crippen molar-refractivity contribution >= 4 is 27.3 Å². The van der Waals surface area contributed by atoms with Crippen molar-refractivity contribution in [3.8, 4) is 0 Å². The molecule has 0 bridgehead atoms. The molecule has 0 amide bonds. The van der Waals surface area contributed by atoms with E-state index in [4.69, 9.17) is 4.42 Å². The minimum atomic E-state index is -0.168. The van der Waals surface area contributed by atoms with Crippen molar-refractivity contribution in [2.45, 2.75) is 33.6 Å². The summed E-state index contributed by atoms with van der Waals surface area (Å²) in [4.78, 5) is 32.6. The van der Waals surface area contributed by atoms with Crippen molar-refractivity contribution in [1.29, 1.82) is 0 Å². The SMILES string of the molecule is Cc1occc1C(=O)Cc1nc2scc(CC(C)C)c2c(=O)[nH]1. The molecular formula is C17H18N2O3S. The van der Waals surface area contributed by atoms with Crippen LogP contribution in [0.1, 0.15) is 41.4 Å². The predicted molar refractivity (Wildman–Crippen MR) is 90.3 cm³/mol. The van der Waals surface area contributed by atoms with Gasteiger partial charge in [0.25, 0.3) is 5.56 Å². The summed E-state index contributed by atoms with van der Waals surface area (Å²) in [5.41, 5.74) is 1.38. The number of aromatic nitrogens is 2. The van der Waals surface area contributed by atoms with Crippen LogP contribution >= 0.6 is 11.3 Å². The Labute approximate surface area is 137 Å². The van der Waals surface area contributed by atoms with E-state index in [0.717, 1.165) is 12.0 Å². The van der Waals surface area contributed by atoms with E-state index in [1.54, 1.807) is 13.0 Å². The molecule has 0 aliphatic heterocycles. The number of thiophene rings is 1. The molecule has 1 N–H and O–H groups in total. The third-order valence-corrected chi connectivity index (χ3v) is 4.61. The summed E-state index contributed by atoms with van der Waals surface area (Å²) in [6.45, 7) is 5.97. The van der Waals surface area contributed by atoms with Crippen molar-refractivity contribution in [1.82, 2.24) is 9.97 Å². The summed E-state index contributed by atoms with van der Waals surface area (Å²) in [5, 5.41) is 2.64. The first-order valence-electron chi connectivity index (χ1n) is 7.52. The van der Waals surface area contributed by atoms with Crippen molar-refractivity contribution in [3.05, 3.63) is 50.8 Å². The van der Waals surface area contributed by atoms with Crippen LogP contribution in [0.4, 0.5) is 0 Å². The molecule has 5 nitrogen and oxygen atoms in total. The zero-order valence-electron chi connectivity index (χ0n) is 13.3. The highest BCUT2D eigenvalue weighted by Gasteiger charge is 2.16. The quantitative estimate of drug-likeness (QED) is 0.726. The van der Waals surface area contributed by atoms with Crippen molar-refractivity contribution in [2.24, 2.45) is 5.92 Å². The van der Waals surface area contributed by atoms with E-state index in [1.807, 2.05) is 5.38 Å². The van der Waals surface area contributed by atoms with Gasteiger partial charge in [-0.25, -0.2) is 4.98 Å². The van der Waals surface area contributed by atoms with E-state index in [2.05, 4.69) is 23.8 Å². The highest BCUT2D eigenvalue weighted by atomic mass is 32.1. The van der Waals surface area contributed by atoms with Gasteiger partial charge in [0.05, 0.1) is 23.6 Å². The number of aryl methyl sites for hydroxylation is 1. The van der Waals surface area contributed by atoms with Crippen LogP contribution in [0.3, 0.4) is 0 Å². The standard InChI is InChI=1S/C17H18N2O3S/c1-9(2)6-11-8-23-17-15(11)16(21)18-14(19-17)7-13(20)12-4-5-22-10(12)3/h4-5,8-9H,6-7H2,1-3H3,(H,18,19,21). The Kier molecular flexibility index (Phi) is 4.17. The van der Waals surface area contributed by atoms with E-state index in [1.165, 1.54) is 17.6 Å². The Morgan fingerprint density at radius 2 is 2.22 bits per heavy atom. The fourth-order valence-corrected chi connectivity index (χ4v) is 3.62. The molecule has 23 heavy (non-hydrogen) atoms. The van der Waals surface area contributed by atoms with Gasteiger partial charge in [-0.15, -0.1) is 11.3 Å². The fourth-order valence-electron chi connectivity index (χ4n) is 2.65. The molecule has 3 heterocycles. The number of Topliss-reactive ketones (excluding diaryl/α,β-unsaturated/α-hetero) is 1. The Balaban J connectivity index is 1.93. The number of nitrogens with one attached hydrogen (secondary N) is 1. The monoisotopic (exact) mass is 330 g/mol. The molecule has 0 aliphatic rings. The van der Waals surface area contributed by atoms with Crippen LogP contribution in [-0.4, -0.2) is 15.8 Å². The highest BCUT2D eigenvalue weighted by molar-refractivity contribution is 7.16. The number of nitrogens with zero attached hydrogens (tertiary/aromatic N) is 1. The zero-order chi connectivity index (χ0) is 16.6. The zero-order valence-corrected chi connectivity index (χ0v) is 14.1. The molecule has 3 aromatic rings. The lowest BCUT2D eigenvalue weighted by molar-refractivity contribution is 0.0989. The van der Waals surface area contributed by atoms with Gasteiger partial charge in [-0.1, -0.05) is 13.8 Å². The van der Waals surface area contributed by atoms with Gasteiger partial charge in [-0.3, -0.25) is 9.59 Å². The molecular weight excluding hydrogens is 312 g/mol. The molecule has 0 saturated carbocycles. The summed E-state index contributed by atoms with van der Waals surface area (Å²) < 4.78 is 5.15. The second-order valence-corrected chi connectivity index (χ2v) is 6.90. The number of carbonyl (C=O) groups excluding carboxylic acids is 1. The molecule has 120 valence electrons. The summed E-state index contributed by atoms with van der Waals surface area (Å²) in [6.07, 6.45) is 2.39. The summed E-state index contributed by atoms with van der Waals surface area (Å²) >= 11 is 1.45. The lowest BCUT2D eigenvalue weighted by atomic mass is 10.0. The predicted octanol–water partition coefficient (Wildman–Crippen LogP) is 3.51. The van der Waals surface area contributed by atoms with Gasteiger partial charge < -0.3 is 9.40 Å². The van der Waals surface area contributed by atoms with Gasteiger partial charge in [0.15, 0.2) is 5.78 Å². The first kappa shape index (κ1) is 15.7. The molecule has 3 aromatic heterocycles. The van der Waals surface area contributed by atoms with Gasteiger partial charge in [0, 0.05) is 0 Å². The summed E-state index contributed by atoms with van der Waals surface area (Å²) in [7, 11) is 0. The first-order chi connectivity index (χ1) is 11.0. The van der Waals surface area contributed by atoms with Crippen LogP contribution < -0.4 is 5.56 Å². The second-order valence-electron chi connectivity index (χ2n) is 6.04. The average Bonchev–Trinajstić information content (AvgIpc) is 3.05. The van der Waals surface area contributed by atoms with Gasteiger partial charge in [-0.05, 0) is 36.3 Å². The number of H-pyrrole nitrogens is 1. The Bertz CT molecular complexity index is 917. The van der Waals surface area contributed by atoms with Crippen LogP contribution in [0.15, 0.2) is 26.9 Å². The molecule has 0 spiro atoms. The number of hydrogen-bond acceptors (Lipinski definition) is 5. The number of aromatic amines is 1. The number of furan rings is 1. The summed E-state index contributed by atoms with van der Waals surface area (Å²) in [6, 6.07) is 1.64. The number of rotatable bonds is 5. The third-order valence-electron chi connectivity index (χ3n) is 3.68. The van der Waals surface area contributed by atoms with Crippen LogP contribution in [0.25, 0.3) is 10.2 Å². The van der Waals surface area contributed by atoms with E-state index < -0.39 is 0 Å². The number of ketones is 1. The smallest absolute Gasteiger partial charge is 0.259 e. The molecule has 0 aliphatic carbocycles. The van der Waals surface area contributed by atoms with Crippen molar-refractivity contribution < 1.29 is 9.21 Å². The Morgan fingerprint density at radius 1 is 1.43 bits per heavy atom. The van der Waals surface area contributed by atoms with Crippen LogP contribution in [0.2, 0.25) is 0 Å². The lowest BCUT2D eigenvalue weighted by Gasteiger charge is -2.03. The third kappa shape index (κ3) is 3.12. The largest absolute Gasteiger partial charge is 0.469 e. The fraction of sp³-hybridized carbons (Fsp3) is 0.353. The van der Waals surface area contributed by atoms with Gasteiger partial charge in [0.2, 0.25) is 0 Å². The van der Waals surface area contributed by atoms with E-state index >= 15 is 0 Å².